The van der Waals surface area contributed by atoms with Gasteiger partial charge in [-0.1, -0.05) is 5.73 Å². The summed E-state index contributed by atoms with van der Waals surface area (Å²) in [7, 11) is 6.30. The van der Waals surface area contributed by atoms with Gasteiger partial charge < -0.3 is 4.72 Å². The first kappa shape index (κ1) is 7.46. The molecule has 3 heterocycles. The molecule has 3 nitrogen and oxygen atoms in total. The van der Waals surface area contributed by atoms with E-state index in [0.29, 0.717) is 0 Å². The van der Waals surface area contributed by atoms with E-state index < -0.39 is 0 Å². The molecule has 3 aliphatic rings. The summed E-state index contributed by atoms with van der Waals surface area (Å²) in [6.45, 7) is 0. The van der Waals surface area contributed by atoms with Gasteiger partial charge in [0.15, 0.2) is 11.7 Å². The molecule has 0 atom stereocenters. The van der Waals surface area contributed by atoms with E-state index in [0.717, 1.165) is 21.5 Å². The zero-order chi connectivity index (χ0) is 7.97. The molecule has 7 heteroatoms. The summed E-state index contributed by atoms with van der Waals surface area (Å²) < 4.78 is 7.24. The summed E-state index contributed by atoms with van der Waals surface area (Å²) >= 11 is 0. The average Bonchev–Trinajstić information content (AvgIpc) is 2.64. The van der Waals surface area contributed by atoms with Crippen LogP contribution in [0.1, 0.15) is 0 Å². The SMILES string of the molecule is C1=C2SSN=C2N=C2NSSC=12. The maximum atomic E-state index is 4.34. The summed E-state index contributed by atoms with van der Waals surface area (Å²) in [4.78, 5) is 6.48. The number of aliphatic imine (C=N–C) groups is 1. The quantitative estimate of drug-likeness (QED) is 0.393. The Bertz CT molecular complexity index is 376. The van der Waals surface area contributed by atoms with Gasteiger partial charge >= 0.3 is 0 Å². The maximum absolute atomic E-state index is 4.34. The van der Waals surface area contributed by atoms with Crippen molar-refractivity contribution in [1.29, 1.82) is 0 Å². The van der Waals surface area contributed by atoms with Gasteiger partial charge in [-0.2, -0.15) is 4.40 Å². The number of rotatable bonds is 0. The summed E-state index contributed by atoms with van der Waals surface area (Å²) in [5.74, 6) is 1.70. The third-order valence-electron chi connectivity index (χ3n) is 1.37. The molecular formula is C5HN3S4. The highest BCUT2D eigenvalue weighted by atomic mass is 33.1. The first-order valence-corrected chi connectivity index (χ1v) is 7.31. The van der Waals surface area contributed by atoms with Crippen molar-refractivity contribution in [3.63, 3.8) is 0 Å². The van der Waals surface area contributed by atoms with Crippen LogP contribution in [-0.2, 0) is 0 Å². The van der Waals surface area contributed by atoms with E-state index in [2.05, 4.69) is 19.8 Å². The number of nitrogens with one attached hydrogen (secondary N) is 1. The van der Waals surface area contributed by atoms with Crippen LogP contribution in [0, 0.1) is 0 Å². The van der Waals surface area contributed by atoms with Crippen molar-refractivity contribution in [2.45, 2.75) is 0 Å². The molecule has 0 aromatic rings. The Morgan fingerprint density at radius 2 is 2.25 bits per heavy atom. The highest BCUT2D eigenvalue weighted by molar-refractivity contribution is 8.79. The van der Waals surface area contributed by atoms with Crippen LogP contribution in [0.25, 0.3) is 0 Å². The molecule has 0 bridgehead atoms. The molecular weight excluding hydrogens is 230 g/mol. The van der Waals surface area contributed by atoms with Crippen molar-refractivity contribution in [3.05, 3.63) is 15.5 Å². The lowest BCUT2D eigenvalue weighted by Gasteiger charge is -2.00. The van der Waals surface area contributed by atoms with Gasteiger partial charge in [-0.05, 0) is 21.6 Å². The van der Waals surface area contributed by atoms with Gasteiger partial charge in [-0.15, -0.1) is 0 Å². The van der Waals surface area contributed by atoms with Gasteiger partial charge in [0.05, 0.1) is 11.0 Å². The van der Waals surface area contributed by atoms with Crippen LogP contribution in [0.2, 0.25) is 0 Å². The van der Waals surface area contributed by atoms with Crippen LogP contribution in [-0.4, -0.2) is 11.7 Å². The van der Waals surface area contributed by atoms with Crippen molar-refractivity contribution in [2.24, 2.45) is 9.39 Å². The largest absolute Gasteiger partial charge is 0.303 e. The molecule has 0 spiro atoms. The Labute approximate surface area is 84.7 Å². The molecule has 3 aliphatic heterocycles. The molecule has 1 N–H and O–H groups in total. The predicted octanol–water partition coefficient (Wildman–Crippen LogP) is 2.37. The van der Waals surface area contributed by atoms with Gasteiger partial charge in [-0.3, -0.25) is 0 Å². The number of fused-ring (bicyclic) bond motifs is 2. The highest BCUT2D eigenvalue weighted by Gasteiger charge is 2.25. The topological polar surface area (TPSA) is 36.8 Å². The number of hydrogen-bond donors (Lipinski definition) is 1. The summed E-state index contributed by atoms with van der Waals surface area (Å²) in [5, 5.41) is 0. The van der Waals surface area contributed by atoms with Crippen LogP contribution in [0.5, 0.6) is 0 Å². The first-order chi connectivity index (χ1) is 5.93. The van der Waals surface area contributed by atoms with Crippen LogP contribution in [0.4, 0.5) is 0 Å². The molecule has 1 fully saturated rings. The Morgan fingerprint density at radius 3 is 3.25 bits per heavy atom. The second kappa shape index (κ2) is 2.78. The lowest BCUT2D eigenvalue weighted by molar-refractivity contribution is 1.48. The van der Waals surface area contributed by atoms with Crippen LogP contribution >= 0.6 is 43.5 Å². The molecule has 0 unspecified atom stereocenters. The van der Waals surface area contributed by atoms with E-state index in [1.54, 1.807) is 32.6 Å². The summed E-state index contributed by atoms with van der Waals surface area (Å²) in [6.07, 6.45) is 0. The third kappa shape index (κ3) is 1.05. The number of hydrogen-bond acceptors (Lipinski definition) is 7. The zero-order valence-corrected chi connectivity index (χ0v) is 8.79. The maximum Gasteiger partial charge on any atom is 0.185 e. The van der Waals surface area contributed by atoms with Gasteiger partial charge in [0.25, 0.3) is 0 Å². The average molecular weight is 231 g/mol. The minimum Gasteiger partial charge on any atom is -0.303 e. The van der Waals surface area contributed by atoms with E-state index in [4.69, 9.17) is 0 Å². The van der Waals surface area contributed by atoms with Crippen LogP contribution < -0.4 is 4.72 Å². The van der Waals surface area contributed by atoms with Crippen molar-refractivity contribution in [2.75, 3.05) is 0 Å². The third-order valence-corrected chi connectivity index (χ3v) is 4.91. The smallest absolute Gasteiger partial charge is 0.185 e. The molecule has 0 aromatic heterocycles. The molecule has 1 saturated heterocycles. The molecule has 0 saturated carbocycles. The molecule has 0 aliphatic carbocycles. The minimum atomic E-state index is 0.805. The molecule has 0 amide bonds. The van der Waals surface area contributed by atoms with E-state index in [1.165, 1.54) is 11.0 Å². The van der Waals surface area contributed by atoms with E-state index >= 15 is 0 Å². The van der Waals surface area contributed by atoms with Gasteiger partial charge in [0, 0.05) is 11.0 Å². The van der Waals surface area contributed by atoms with Crippen LogP contribution in [0.3, 0.4) is 0 Å². The van der Waals surface area contributed by atoms with E-state index in [1.807, 2.05) is 0 Å². The molecule has 3 rings (SSSR count). The summed E-state index contributed by atoms with van der Waals surface area (Å²) in [5.41, 5.74) is 3.27. The minimum absolute atomic E-state index is 0.805. The molecule has 0 radical (unpaired) electrons. The zero-order valence-electron chi connectivity index (χ0n) is 5.53. The number of nitrogens with zero attached hydrogens (tertiary/aromatic N) is 2. The highest BCUT2D eigenvalue weighted by Crippen LogP contribution is 2.44. The van der Waals surface area contributed by atoms with E-state index in [9.17, 15) is 0 Å². The van der Waals surface area contributed by atoms with E-state index in [-0.39, 0.29) is 0 Å². The Morgan fingerprint density at radius 1 is 1.25 bits per heavy atom. The lowest BCUT2D eigenvalue weighted by Crippen LogP contribution is -2.14. The van der Waals surface area contributed by atoms with Crippen LogP contribution in [0.15, 0.2) is 24.9 Å². The second-order valence-corrected chi connectivity index (χ2v) is 5.88. The van der Waals surface area contributed by atoms with Crippen molar-refractivity contribution >= 4 is 55.2 Å². The molecule has 12 heavy (non-hydrogen) atoms. The van der Waals surface area contributed by atoms with Gasteiger partial charge in [0.1, 0.15) is 9.81 Å². The second-order valence-electron chi connectivity index (χ2n) is 2.09. The standard InChI is InChI=1S/C5HN3S4/c1-2-4(7-11-9-2)6-5-3(1)10-12-8-5/h(H,6,7,8). The van der Waals surface area contributed by atoms with Gasteiger partial charge in [0.2, 0.25) is 0 Å². The fourth-order valence-corrected chi connectivity index (χ4v) is 4.22. The van der Waals surface area contributed by atoms with Crippen molar-refractivity contribution < 1.29 is 0 Å². The summed E-state index contributed by atoms with van der Waals surface area (Å²) in [6, 6.07) is 0. The predicted molar refractivity (Wildman–Crippen MR) is 58.9 cm³/mol. The Balaban J connectivity index is 2.23. The fraction of sp³-hybridized carbons (Fsp3) is 0. The van der Waals surface area contributed by atoms with Gasteiger partial charge in [-0.25, -0.2) is 4.99 Å². The molecule has 0 aromatic carbocycles. The number of amidine groups is 2. The van der Waals surface area contributed by atoms with Crippen molar-refractivity contribution in [3.8, 4) is 0 Å². The fourth-order valence-electron chi connectivity index (χ4n) is 0.868. The normalized spacial score (nSPS) is 24.7. The Kier molecular flexibility index (Phi) is 1.73. The lowest BCUT2D eigenvalue weighted by atomic mass is 10.4. The monoisotopic (exact) mass is 231 g/mol. The Hall–Kier alpha value is 0.0600. The first-order valence-electron chi connectivity index (χ1n) is 3.05. The molecule has 60 valence electrons. The van der Waals surface area contributed by atoms with Crippen molar-refractivity contribution in [1.82, 2.24) is 4.72 Å².